The van der Waals surface area contributed by atoms with E-state index in [1.165, 1.54) is 21.1 Å². The third-order valence-electron chi connectivity index (χ3n) is 11.5. The van der Waals surface area contributed by atoms with Gasteiger partial charge in [0.1, 0.15) is 60.4 Å². The van der Waals surface area contributed by atoms with Crippen LogP contribution in [-0.4, -0.2) is 142 Å². The molecule has 7 amide bonds. The van der Waals surface area contributed by atoms with Crippen molar-refractivity contribution in [1.29, 1.82) is 0 Å². The van der Waals surface area contributed by atoms with Crippen LogP contribution in [0, 0.1) is 11.8 Å². The first kappa shape index (κ1) is 52.1. The number of carboxylic acids is 1. The molecule has 0 aliphatic carbocycles. The van der Waals surface area contributed by atoms with Crippen LogP contribution in [0.25, 0.3) is 0 Å². The number of rotatable bonds is 13. The fourth-order valence-corrected chi connectivity index (χ4v) is 7.91. The highest BCUT2D eigenvalue weighted by Crippen LogP contribution is 2.26. The van der Waals surface area contributed by atoms with Crippen molar-refractivity contribution in [1.82, 2.24) is 36.4 Å². The van der Waals surface area contributed by atoms with Crippen LogP contribution in [0.4, 0.5) is 0 Å². The summed E-state index contributed by atoms with van der Waals surface area (Å²) in [4.78, 5) is 126. The highest BCUT2D eigenvalue weighted by molar-refractivity contribution is 5.98. The summed E-state index contributed by atoms with van der Waals surface area (Å²) in [5.41, 5.74) is 1.21. The molecule has 66 heavy (non-hydrogen) atoms. The molecule has 9 atom stereocenters. The van der Waals surface area contributed by atoms with E-state index < -0.39 is 120 Å². The van der Waals surface area contributed by atoms with Gasteiger partial charge in [0, 0.05) is 26.8 Å². The molecule has 2 heterocycles. The summed E-state index contributed by atoms with van der Waals surface area (Å²) in [7, 11) is 2.86. The molecular weight excluding hydrogens is 859 g/mol. The van der Waals surface area contributed by atoms with Crippen molar-refractivity contribution >= 4 is 53.3 Å². The molecule has 2 aliphatic heterocycles. The van der Waals surface area contributed by atoms with Gasteiger partial charge in [0.05, 0.1) is 13.5 Å². The smallest absolute Gasteiger partial charge is 0.329 e. The zero-order valence-corrected chi connectivity index (χ0v) is 38.6. The van der Waals surface area contributed by atoms with Crippen molar-refractivity contribution in [2.45, 2.75) is 135 Å². The van der Waals surface area contributed by atoms with Crippen LogP contribution in [0.3, 0.4) is 0 Å². The highest BCUT2D eigenvalue weighted by atomic mass is 16.5. The van der Waals surface area contributed by atoms with Gasteiger partial charge in [0.25, 0.3) is 0 Å². The van der Waals surface area contributed by atoms with Gasteiger partial charge in [-0.3, -0.25) is 38.4 Å². The van der Waals surface area contributed by atoms with Crippen LogP contribution in [0.2, 0.25) is 0 Å². The number of cyclic esters (lactones) is 1. The Balaban J connectivity index is 1.89. The second kappa shape index (κ2) is 23.6. The monoisotopic (exact) mass is 921 g/mol. The van der Waals surface area contributed by atoms with E-state index in [0.717, 1.165) is 16.7 Å². The van der Waals surface area contributed by atoms with Gasteiger partial charge in [0.15, 0.2) is 0 Å². The summed E-state index contributed by atoms with van der Waals surface area (Å²) < 4.78 is 11.1. The molecule has 0 spiro atoms. The topological polar surface area (TPSA) is 279 Å². The van der Waals surface area contributed by atoms with E-state index in [4.69, 9.17) is 9.47 Å². The van der Waals surface area contributed by atoms with E-state index >= 15 is 4.79 Å². The minimum atomic E-state index is -1.81. The zero-order valence-electron chi connectivity index (χ0n) is 38.6. The third-order valence-corrected chi connectivity index (χ3v) is 11.5. The maximum atomic E-state index is 15.0. The number of methoxy groups -OCH3 is 1. The molecule has 7 N–H and O–H groups in total. The Kier molecular flexibility index (Phi) is 18.6. The molecule has 4 rings (SSSR count). The molecule has 2 aliphatic rings. The Morgan fingerprint density at radius 1 is 0.833 bits per heavy atom. The molecule has 2 aromatic carbocycles. The second-order valence-corrected chi connectivity index (χ2v) is 17.5. The number of nitrogens with one attached hydrogen (secondary N) is 5. The van der Waals surface area contributed by atoms with Crippen molar-refractivity contribution in [2.75, 3.05) is 14.2 Å². The average molecular weight is 922 g/mol. The molecule has 2 bridgehead atoms. The molecule has 0 aromatic heterocycles. The summed E-state index contributed by atoms with van der Waals surface area (Å²) >= 11 is 0. The van der Waals surface area contributed by atoms with Gasteiger partial charge in [-0.1, -0.05) is 70.2 Å². The third kappa shape index (κ3) is 14.0. The van der Waals surface area contributed by atoms with Crippen molar-refractivity contribution in [2.24, 2.45) is 11.8 Å². The molecular formula is C46H63N7O13. The summed E-state index contributed by atoms with van der Waals surface area (Å²) in [5, 5.41) is 33.6. The number of ether oxygens (including phenoxy) is 2. The lowest BCUT2D eigenvalue weighted by atomic mass is 9.95. The van der Waals surface area contributed by atoms with Gasteiger partial charge in [-0.2, -0.15) is 0 Å². The average Bonchev–Trinajstić information content (AvgIpc) is 3.25. The van der Waals surface area contributed by atoms with Crippen LogP contribution in [0.5, 0.6) is 5.75 Å². The maximum absolute atomic E-state index is 15.0. The summed E-state index contributed by atoms with van der Waals surface area (Å²) in [5.74, 6) is -8.97. The van der Waals surface area contributed by atoms with E-state index in [1.807, 2.05) is 0 Å². The fraction of sp³-hybridized carbons (Fsp3) is 0.543. The molecule has 0 saturated carbocycles. The van der Waals surface area contributed by atoms with Crippen molar-refractivity contribution in [3.05, 3.63) is 65.7 Å². The number of likely N-dealkylation sites (N-methyl/N-ethyl adjacent to an activating group) is 1. The minimum Gasteiger partial charge on any atom is -0.497 e. The van der Waals surface area contributed by atoms with Gasteiger partial charge in [0.2, 0.25) is 41.4 Å². The summed E-state index contributed by atoms with van der Waals surface area (Å²) in [6.07, 6.45) is -4.23. The first-order valence-electron chi connectivity index (χ1n) is 22.0. The van der Waals surface area contributed by atoms with Gasteiger partial charge in [-0.15, -0.1) is 0 Å². The molecule has 20 heteroatoms. The van der Waals surface area contributed by atoms with Gasteiger partial charge in [-0.25, -0.2) is 4.79 Å². The number of hydrogen-bond acceptors (Lipinski definition) is 12. The Hall–Kier alpha value is -6.57. The Morgan fingerprint density at radius 2 is 1.45 bits per heavy atom. The van der Waals surface area contributed by atoms with Crippen LogP contribution in [0.15, 0.2) is 54.6 Å². The number of carbonyl (C=O) groups excluding carboxylic acids is 8. The number of carboxylic acid groups (broad SMARTS) is 1. The number of aliphatic hydroxyl groups excluding tert-OH is 1. The van der Waals surface area contributed by atoms with Crippen LogP contribution < -0.4 is 31.3 Å². The predicted octanol–water partition coefficient (Wildman–Crippen LogP) is 0.183. The quantitative estimate of drug-likeness (QED) is 0.132. The normalized spacial score (nSPS) is 25.3. The number of fused-ring (bicyclic) bond motifs is 2. The predicted molar refractivity (Wildman–Crippen MR) is 237 cm³/mol. The maximum Gasteiger partial charge on any atom is 0.329 e. The lowest BCUT2D eigenvalue weighted by Gasteiger charge is -2.43. The van der Waals surface area contributed by atoms with E-state index in [-0.39, 0.29) is 38.0 Å². The van der Waals surface area contributed by atoms with Gasteiger partial charge < -0.3 is 56.1 Å². The standard InChI is InChI=1S/C46H63N7O13/c1-24(2)20-32-40(58)48-31-18-19-36(55)53(44(31)62)35(22-28-12-10-9-11-13-28)45(63)52(7)34(21-29-14-16-30(65-8)17-15-29)42(60)50-38(25(3)4)46(64)66-26(5)39(43(61)49-32)51-41(59)33(23-37(56)57)47-27(6)54/h9-17,24-26,31-36,38-39,55H,18-23H2,1-8H3,(H,47,54)(H,48,58)(H,49,61)(H,50,60)(H,51,59)(H,56,57). The largest absolute Gasteiger partial charge is 0.497 e. The first-order valence-corrected chi connectivity index (χ1v) is 22.0. The van der Waals surface area contributed by atoms with E-state index in [0.29, 0.717) is 16.9 Å². The summed E-state index contributed by atoms with van der Waals surface area (Å²) in [6, 6.07) is 5.14. The Labute approximate surface area is 383 Å². The number of amides is 7. The van der Waals surface area contributed by atoms with Crippen LogP contribution >= 0.6 is 0 Å². The minimum absolute atomic E-state index is 0.00411. The first-order chi connectivity index (χ1) is 31.1. The van der Waals surface area contributed by atoms with Crippen LogP contribution in [-0.2, 0) is 60.7 Å². The number of benzene rings is 2. The number of hydrogen-bond donors (Lipinski definition) is 7. The van der Waals surface area contributed by atoms with Crippen molar-refractivity contribution in [3.8, 4) is 5.75 Å². The van der Waals surface area contributed by atoms with Crippen LogP contribution in [0.1, 0.15) is 78.4 Å². The molecule has 2 saturated heterocycles. The molecule has 2 aromatic rings. The van der Waals surface area contributed by atoms with Crippen molar-refractivity contribution in [3.63, 3.8) is 0 Å². The SMILES string of the molecule is COc1ccc(CC2C(=O)NC(C(C)C)C(=O)OC(C)C(NC(=O)C(CC(=O)O)NC(C)=O)C(=O)NC(CC(C)C)C(=O)NC3CCC(O)N(C3=O)C(Cc3ccccc3)C(=O)N2C)cc1. The Bertz CT molecular complexity index is 2070. The van der Waals surface area contributed by atoms with Crippen molar-refractivity contribution < 1.29 is 62.8 Å². The van der Waals surface area contributed by atoms with Gasteiger partial charge in [-0.05, 0) is 61.3 Å². The molecule has 20 nitrogen and oxygen atoms in total. The molecule has 2 fully saturated rings. The van der Waals surface area contributed by atoms with E-state index in [1.54, 1.807) is 82.3 Å². The summed E-state index contributed by atoms with van der Waals surface area (Å²) in [6.45, 7) is 9.08. The van der Waals surface area contributed by atoms with Gasteiger partial charge >= 0.3 is 11.9 Å². The molecule has 0 radical (unpaired) electrons. The number of nitrogens with zero attached hydrogens (tertiary/aromatic N) is 2. The number of esters is 1. The molecule has 360 valence electrons. The van der Waals surface area contributed by atoms with E-state index in [2.05, 4.69) is 26.6 Å². The lowest BCUT2D eigenvalue weighted by Crippen LogP contribution is -2.65. The highest BCUT2D eigenvalue weighted by Gasteiger charge is 2.46. The Morgan fingerprint density at radius 3 is 2.03 bits per heavy atom. The number of carbonyl (C=O) groups is 9. The molecule has 9 unspecified atom stereocenters. The number of piperidine rings is 1. The zero-order chi connectivity index (χ0) is 49.0. The number of aliphatic carboxylic acids is 1. The fourth-order valence-electron chi connectivity index (χ4n) is 7.91. The lowest BCUT2D eigenvalue weighted by molar-refractivity contribution is -0.165. The number of aliphatic hydroxyl groups is 1. The van der Waals surface area contributed by atoms with E-state index in [9.17, 15) is 48.6 Å². The second-order valence-electron chi connectivity index (χ2n) is 17.5.